The molecule has 1 fully saturated rings. The zero-order valence-corrected chi connectivity index (χ0v) is 14.6. The first-order valence-corrected chi connectivity index (χ1v) is 7.92. The molecule has 1 saturated carbocycles. The zero-order valence-electron chi connectivity index (χ0n) is 12.1. The number of H-pyrrole nitrogens is 1. The number of aromatic amines is 1. The number of imidazole rings is 1. The number of thioether (sulfide) groups is 1. The van der Waals surface area contributed by atoms with E-state index in [2.05, 4.69) is 15.3 Å². The Morgan fingerprint density at radius 2 is 2.29 bits per heavy atom. The van der Waals surface area contributed by atoms with Crippen LogP contribution in [0.3, 0.4) is 0 Å². The van der Waals surface area contributed by atoms with Crippen LogP contribution < -0.4 is 11.1 Å². The number of halogens is 2. The number of carbonyl (C=O) groups is 1. The second kappa shape index (κ2) is 10.3. The summed E-state index contributed by atoms with van der Waals surface area (Å²) in [5.41, 5.74) is 8.03. The Labute approximate surface area is 142 Å². The van der Waals surface area contributed by atoms with Gasteiger partial charge in [0, 0.05) is 35.7 Å². The lowest BCUT2D eigenvalue weighted by Gasteiger charge is -2.10. The minimum atomic E-state index is 0. The molecule has 0 radical (unpaired) electrons. The van der Waals surface area contributed by atoms with Crippen LogP contribution in [0.1, 0.15) is 30.7 Å². The molecule has 1 aliphatic carbocycles. The summed E-state index contributed by atoms with van der Waals surface area (Å²) in [7, 11) is 0. The van der Waals surface area contributed by atoms with Gasteiger partial charge in [0.05, 0.1) is 12.0 Å². The van der Waals surface area contributed by atoms with Crippen molar-refractivity contribution in [3.8, 4) is 0 Å². The average molecular weight is 355 g/mol. The number of hydrogen-bond acceptors (Lipinski definition) is 4. The highest BCUT2D eigenvalue weighted by Crippen LogP contribution is 2.24. The first-order valence-electron chi connectivity index (χ1n) is 6.76. The number of aromatic nitrogens is 2. The van der Waals surface area contributed by atoms with Gasteiger partial charge in [-0.15, -0.1) is 24.8 Å². The molecule has 5 nitrogen and oxygen atoms in total. The maximum atomic E-state index is 11.8. The Hall–Kier alpha value is -0.430. The van der Waals surface area contributed by atoms with Gasteiger partial charge in [-0.2, -0.15) is 11.8 Å². The summed E-state index contributed by atoms with van der Waals surface area (Å²) in [6, 6.07) is 0.216. The topological polar surface area (TPSA) is 83.8 Å². The van der Waals surface area contributed by atoms with E-state index in [0.29, 0.717) is 0 Å². The standard InChI is InChI=1S/C13H22N4OS.2ClH/c1-9-12(17-8-16-9)7-19-5-4-15-13(18)10-2-3-11(14)6-10;;/h8,10-11H,2-7,14H2,1H3,(H,15,18)(H,16,17);2*1H/t10-,11+;;/m0../s1. The summed E-state index contributed by atoms with van der Waals surface area (Å²) in [6.07, 6.45) is 4.47. The first-order chi connectivity index (χ1) is 9.16. The van der Waals surface area contributed by atoms with Crippen LogP contribution >= 0.6 is 36.6 Å². The van der Waals surface area contributed by atoms with Crippen LogP contribution in [-0.4, -0.2) is 34.2 Å². The molecule has 1 aromatic heterocycles. The highest BCUT2D eigenvalue weighted by atomic mass is 35.5. The van der Waals surface area contributed by atoms with Crippen LogP contribution in [0.2, 0.25) is 0 Å². The lowest BCUT2D eigenvalue weighted by Crippen LogP contribution is -2.32. The van der Waals surface area contributed by atoms with Crippen LogP contribution in [0.4, 0.5) is 0 Å². The van der Waals surface area contributed by atoms with Crippen molar-refractivity contribution in [3.05, 3.63) is 17.7 Å². The van der Waals surface area contributed by atoms with Crippen LogP contribution in [0.25, 0.3) is 0 Å². The number of amides is 1. The largest absolute Gasteiger partial charge is 0.355 e. The monoisotopic (exact) mass is 354 g/mol. The summed E-state index contributed by atoms with van der Waals surface area (Å²) in [4.78, 5) is 19.1. The molecule has 2 rings (SSSR count). The van der Waals surface area contributed by atoms with Gasteiger partial charge < -0.3 is 16.0 Å². The molecule has 1 aromatic rings. The van der Waals surface area contributed by atoms with Crippen molar-refractivity contribution < 1.29 is 4.79 Å². The van der Waals surface area contributed by atoms with Crippen molar-refractivity contribution in [1.29, 1.82) is 0 Å². The molecule has 0 unspecified atom stereocenters. The van der Waals surface area contributed by atoms with E-state index in [1.54, 1.807) is 18.1 Å². The van der Waals surface area contributed by atoms with E-state index in [1.165, 1.54) is 0 Å². The molecule has 1 amide bonds. The molecule has 0 saturated heterocycles. The molecule has 122 valence electrons. The molecule has 21 heavy (non-hydrogen) atoms. The highest BCUT2D eigenvalue weighted by molar-refractivity contribution is 7.98. The van der Waals surface area contributed by atoms with Crippen molar-refractivity contribution in [2.24, 2.45) is 11.7 Å². The quantitative estimate of drug-likeness (QED) is 0.682. The smallest absolute Gasteiger partial charge is 0.223 e. The van der Waals surface area contributed by atoms with Gasteiger partial charge in [0.15, 0.2) is 0 Å². The number of hydrogen-bond donors (Lipinski definition) is 3. The van der Waals surface area contributed by atoms with E-state index in [9.17, 15) is 4.79 Å². The van der Waals surface area contributed by atoms with Gasteiger partial charge in [0.1, 0.15) is 0 Å². The Kier molecular flexibility index (Phi) is 10.1. The fraction of sp³-hybridized carbons (Fsp3) is 0.692. The van der Waals surface area contributed by atoms with Gasteiger partial charge in [0.25, 0.3) is 0 Å². The summed E-state index contributed by atoms with van der Waals surface area (Å²) in [5, 5.41) is 3.00. The lowest BCUT2D eigenvalue weighted by molar-refractivity contribution is -0.124. The molecule has 0 aromatic carbocycles. The number of carbonyl (C=O) groups excluding carboxylic acids is 1. The predicted molar refractivity (Wildman–Crippen MR) is 92.3 cm³/mol. The fourth-order valence-corrected chi connectivity index (χ4v) is 3.22. The van der Waals surface area contributed by atoms with E-state index in [4.69, 9.17) is 5.73 Å². The van der Waals surface area contributed by atoms with Crippen molar-refractivity contribution in [3.63, 3.8) is 0 Å². The summed E-state index contributed by atoms with van der Waals surface area (Å²) in [5.74, 6) is 2.11. The second-order valence-corrected chi connectivity index (χ2v) is 6.19. The van der Waals surface area contributed by atoms with E-state index in [1.807, 2.05) is 6.92 Å². The Morgan fingerprint density at radius 1 is 1.52 bits per heavy atom. The normalized spacial score (nSPS) is 20.5. The Morgan fingerprint density at radius 3 is 2.86 bits per heavy atom. The maximum Gasteiger partial charge on any atom is 0.223 e. The molecule has 0 bridgehead atoms. The minimum absolute atomic E-state index is 0. The van der Waals surface area contributed by atoms with E-state index in [0.717, 1.165) is 48.7 Å². The third kappa shape index (κ3) is 6.46. The van der Waals surface area contributed by atoms with Crippen molar-refractivity contribution in [2.45, 2.75) is 38.0 Å². The Balaban J connectivity index is 0.00000200. The molecule has 0 aliphatic heterocycles. The van der Waals surface area contributed by atoms with Crippen LogP contribution in [0.15, 0.2) is 6.33 Å². The van der Waals surface area contributed by atoms with E-state index < -0.39 is 0 Å². The second-order valence-electron chi connectivity index (χ2n) is 5.09. The first kappa shape index (κ1) is 20.6. The highest BCUT2D eigenvalue weighted by Gasteiger charge is 2.27. The lowest BCUT2D eigenvalue weighted by atomic mass is 10.1. The van der Waals surface area contributed by atoms with Gasteiger partial charge in [0.2, 0.25) is 5.91 Å². The van der Waals surface area contributed by atoms with E-state index in [-0.39, 0.29) is 42.7 Å². The van der Waals surface area contributed by atoms with Crippen molar-refractivity contribution in [2.75, 3.05) is 12.3 Å². The number of nitrogens with one attached hydrogen (secondary N) is 2. The average Bonchev–Trinajstić information content (AvgIpc) is 2.98. The molecular formula is C13H24Cl2N4OS. The third-order valence-corrected chi connectivity index (χ3v) is 4.53. The maximum absolute atomic E-state index is 11.8. The predicted octanol–water partition coefficient (Wildman–Crippen LogP) is 2.04. The number of rotatable bonds is 6. The summed E-state index contributed by atoms with van der Waals surface area (Å²) < 4.78 is 0. The van der Waals surface area contributed by atoms with Gasteiger partial charge in [-0.05, 0) is 26.2 Å². The van der Waals surface area contributed by atoms with Gasteiger partial charge in [-0.3, -0.25) is 4.79 Å². The molecule has 1 aliphatic rings. The van der Waals surface area contributed by atoms with Gasteiger partial charge in [-0.25, -0.2) is 4.98 Å². The fourth-order valence-electron chi connectivity index (χ4n) is 2.35. The number of nitrogens with zero attached hydrogens (tertiary/aromatic N) is 1. The third-order valence-electron chi connectivity index (χ3n) is 3.56. The molecule has 1 heterocycles. The molecule has 8 heteroatoms. The van der Waals surface area contributed by atoms with Crippen LogP contribution in [0, 0.1) is 12.8 Å². The number of aryl methyl sites for hydroxylation is 1. The summed E-state index contributed by atoms with van der Waals surface area (Å²) >= 11 is 1.79. The molecule has 2 atom stereocenters. The molecule has 4 N–H and O–H groups in total. The van der Waals surface area contributed by atoms with Gasteiger partial charge >= 0.3 is 0 Å². The SMILES string of the molecule is Cc1[nH]cnc1CSCCNC(=O)[C@H]1CC[C@@H](N)C1.Cl.Cl. The minimum Gasteiger partial charge on any atom is -0.355 e. The molecular weight excluding hydrogens is 331 g/mol. The van der Waals surface area contributed by atoms with Crippen LogP contribution in [0.5, 0.6) is 0 Å². The van der Waals surface area contributed by atoms with Crippen LogP contribution in [-0.2, 0) is 10.5 Å². The molecule has 0 spiro atoms. The summed E-state index contributed by atoms with van der Waals surface area (Å²) in [6.45, 7) is 2.74. The van der Waals surface area contributed by atoms with E-state index >= 15 is 0 Å². The van der Waals surface area contributed by atoms with Crippen molar-refractivity contribution >= 4 is 42.5 Å². The Bertz CT molecular complexity index is 430. The number of nitrogens with two attached hydrogens (primary N) is 1. The zero-order chi connectivity index (χ0) is 13.7. The van der Waals surface area contributed by atoms with Gasteiger partial charge in [-0.1, -0.05) is 0 Å². The van der Waals surface area contributed by atoms with Crippen molar-refractivity contribution in [1.82, 2.24) is 15.3 Å².